The SMILES string of the molecule is N#Cc1ccnc(N(CCO)Cc2ccccc2)c1. The number of nitriles is 1. The van der Waals surface area contributed by atoms with E-state index in [0.29, 0.717) is 24.5 Å². The highest BCUT2D eigenvalue weighted by atomic mass is 16.3. The first-order valence-corrected chi connectivity index (χ1v) is 6.09. The maximum Gasteiger partial charge on any atom is 0.130 e. The molecule has 0 aliphatic heterocycles. The lowest BCUT2D eigenvalue weighted by Crippen LogP contribution is -2.27. The Bertz CT molecular complexity index is 563. The van der Waals surface area contributed by atoms with Crippen LogP contribution in [0.5, 0.6) is 0 Å². The third kappa shape index (κ3) is 3.54. The van der Waals surface area contributed by atoms with Crippen LogP contribution >= 0.6 is 0 Å². The maximum absolute atomic E-state index is 9.17. The lowest BCUT2D eigenvalue weighted by atomic mass is 10.2. The largest absolute Gasteiger partial charge is 0.395 e. The van der Waals surface area contributed by atoms with Crippen molar-refractivity contribution in [2.75, 3.05) is 18.1 Å². The van der Waals surface area contributed by atoms with Gasteiger partial charge in [-0.05, 0) is 17.7 Å². The van der Waals surface area contributed by atoms with Crippen LogP contribution in [0.25, 0.3) is 0 Å². The molecular weight excluding hydrogens is 238 g/mol. The Hall–Kier alpha value is -2.38. The molecule has 4 heteroatoms. The molecule has 1 aromatic carbocycles. The highest BCUT2D eigenvalue weighted by Gasteiger charge is 2.08. The van der Waals surface area contributed by atoms with Gasteiger partial charge in [0.1, 0.15) is 5.82 Å². The Labute approximate surface area is 112 Å². The molecule has 0 atom stereocenters. The van der Waals surface area contributed by atoms with E-state index >= 15 is 0 Å². The first-order valence-electron chi connectivity index (χ1n) is 6.09. The van der Waals surface area contributed by atoms with Crippen LogP contribution in [0.1, 0.15) is 11.1 Å². The fourth-order valence-corrected chi connectivity index (χ4v) is 1.86. The highest BCUT2D eigenvalue weighted by Crippen LogP contribution is 2.15. The van der Waals surface area contributed by atoms with E-state index in [-0.39, 0.29) is 6.61 Å². The number of hydrogen-bond donors (Lipinski definition) is 1. The molecule has 0 aliphatic rings. The molecule has 1 N–H and O–H groups in total. The van der Waals surface area contributed by atoms with Gasteiger partial charge in [0.25, 0.3) is 0 Å². The molecule has 19 heavy (non-hydrogen) atoms. The number of benzene rings is 1. The smallest absolute Gasteiger partial charge is 0.130 e. The molecule has 4 nitrogen and oxygen atoms in total. The summed E-state index contributed by atoms with van der Waals surface area (Å²) in [5.74, 6) is 0.706. The summed E-state index contributed by atoms with van der Waals surface area (Å²) in [5, 5.41) is 18.1. The number of aliphatic hydroxyl groups is 1. The van der Waals surface area contributed by atoms with E-state index in [4.69, 9.17) is 10.4 Å². The van der Waals surface area contributed by atoms with E-state index in [1.807, 2.05) is 35.2 Å². The summed E-state index contributed by atoms with van der Waals surface area (Å²) in [6, 6.07) is 15.5. The average Bonchev–Trinajstić information content (AvgIpc) is 2.48. The molecule has 0 bridgehead atoms. The summed E-state index contributed by atoms with van der Waals surface area (Å²) in [4.78, 5) is 6.22. The molecule has 0 radical (unpaired) electrons. The minimum atomic E-state index is 0.0469. The molecule has 0 spiro atoms. The number of hydrogen-bond acceptors (Lipinski definition) is 4. The normalized spacial score (nSPS) is 9.89. The zero-order chi connectivity index (χ0) is 13.5. The molecule has 0 amide bonds. The van der Waals surface area contributed by atoms with Gasteiger partial charge >= 0.3 is 0 Å². The summed E-state index contributed by atoms with van der Waals surface area (Å²) >= 11 is 0. The molecule has 0 fully saturated rings. The van der Waals surface area contributed by atoms with Gasteiger partial charge in [0, 0.05) is 19.3 Å². The van der Waals surface area contributed by atoms with Gasteiger partial charge in [-0.3, -0.25) is 0 Å². The minimum Gasteiger partial charge on any atom is -0.395 e. The van der Waals surface area contributed by atoms with Crippen molar-refractivity contribution in [1.82, 2.24) is 4.98 Å². The predicted molar refractivity (Wildman–Crippen MR) is 73.5 cm³/mol. The Balaban J connectivity index is 2.22. The zero-order valence-corrected chi connectivity index (χ0v) is 10.5. The van der Waals surface area contributed by atoms with Crippen molar-refractivity contribution in [2.24, 2.45) is 0 Å². The first-order chi connectivity index (χ1) is 9.33. The van der Waals surface area contributed by atoms with E-state index in [0.717, 1.165) is 5.56 Å². The van der Waals surface area contributed by atoms with Gasteiger partial charge in [0.05, 0.1) is 18.2 Å². The summed E-state index contributed by atoms with van der Waals surface area (Å²) in [6.07, 6.45) is 1.61. The van der Waals surface area contributed by atoms with Crippen molar-refractivity contribution in [3.63, 3.8) is 0 Å². The Morgan fingerprint density at radius 3 is 2.68 bits per heavy atom. The monoisotopic (exact) mass is 253 g/mol. The van der Waals surface area contributed by atoms with Crippen molar-refractivity contribution in [1.29, 1.82) is 5.26 Å². The minimum absolute atomic E-state index is 0.0469. The molecule has 0 saturated carbocycles. The van der Waals surface area contributed by atoms with Crippen LogP contribution in [0.2, 0.25) is 0 Å². The molecular formula is C15H15N3O. The second-order valence-electron chi connectivity index (χ2n) is 4.15. The number of aliphatic hydroxyl groups excluding tert-OH is 1. The van der Waals surface area contributed by atoms with Crippen LogP contribution in [0.3, 0.4) is 0 Å². The summed E-state index contributed by atoms with van der Waals surface area (Å²) in [5.41, 5.74) is 1.71. The summed E-state index contributed by atoms with van der Waals surface area (Å²) in [7, 11) is 0. The third-order valence-corrected chi connectivity index (χ3v) is 2.78. The third-order valence-electron chi connectivity index (χ3n) is 2.78. The molecule has 1 aromatic heterocycles. The topological polar surface area (TPSA) is 60.2 Å². The highest BCUT2D eigenvalue weighted by molar-refractivity contribution is 5.45. The number of nitrogens with zero attached hydrogens (tertiary/aromatic N) is 3. The molecule has 2 rings (SSSR count). The van der Waals surface area contributed by atoms with Gasteiger partial charge in [-0.2, -0.15) is 5.26 Å². The van der Waals surface area contributed by atoms with Crippen LogP contribution in [0, 0.1) is 11.3 Å². The molecule has 96 valence electrons. The fourth-order valence-electron chi connectivity index (χ4n) is 1.86. The van der Waals surface area contributed by atoms with Gasteiger partial charge in [-0.15, -0.1) is 0 Å². The molecule has 0 unspecified atom stereocenters. The van der Waals surface area contributed by atoms with Gasteiger partial charge in [-0.1, -0.05) is 30.3 Å². The molecule has 0 aliphatic carbocycles. The van der Waals surface area contributed by atoms with E-state index < -0.39 is 0 Å². The Morgan fingerprint density at radius 2 is 2.00 bits per heavy atom. The van der Waals surface area contributed by atoms with Crippen molar-refractivity contribution >= 4 is 5.82 Å². The number of pyridine rings is 1. The molecule has 0 saturated heterocycles. The van der Waals surface area contributed by atoms with Crippen LogP contribution in [-0.4, -0.2) is 23.2 Å². The van der Waals surface area contributed by atoms with Crippen LogP contribution < -0.4 is 4.90 Å². The van der Waals surface area contributed by atoms with Crippen LogP contribution in [-0.2, 0) is 6.54 Å². The number of rotatable bonds is 5. The van der Waals surface area contributed by atoms with E-state index in [9.17, 15) is 0 Å². The van der Waals surface area contributed by atoms with Crippen molar-refractivity contribution in [3.05, 3.63) is 59.8 Å². The van der Waals surface area contributed by atoms with E-state index in [1.54, 1.807) is 18.3 Å². The Kier molecular flexibility index (Phi) is 4.49. The summed E-state index contributed by atoms with van der Waals surface area (Å²) < 4.78 is 0. The quantitative estimate of drug-likeness (QED) is 0.884. The van der Waals surface area contributed by atoms with Gasteiger partial charge in [0.2, 0.25) is 0 Å². The molecule has 2 aromatic rings. The van der Waals surface area contributed by atoms with Gasteiger partial charge in [0.15, 0.2) is 0 Å². The predicted octanol–water partition coefficient (Wildman–Crippen LogP) is 1.95. The second kappa shape index (κ2) is 6.53. The standard InChI is InChI=1S/C15H15N3O/c16-11-14-6-7-17-15(10-14)18(8-9-19)12-13-4-2-1-3-5-13/h1-7,10,19H,8-9,12H2. The van der Waals surface area contributed by atoms with Crippen molar-refractivity contribution < 1.29 is 5.11 Å². The van der Waals surface area contributed by atoms with E-state index in [2.05, 4.69) is 11.1 Å². The summed E-state index contributed by atoms with van der Waals surface area (Å²) in [6.45, 7) is 1.19. The lowest BCUT2D eigenvalue weighted by Gasteiger charge is -2.23. The van der Waals surface area contributed by atoms with Crippen molar-refractivity contribution in [2.45, 2.75) is 6.54 Å². The fraction of sp³-hybridized carbons (Fsp3) is 0.200. The lowest BCUT2D eigenvalue weighted by molar-refractivity contribution is 0.301. The molecule has 1 heterocycles. The zero-order valence-electron chi connectivity index (χ0n) is 10.5. The van der Waals surface area contributed by atoms with E-state index in [1.165, 1.54) is 0 Å². The first kappa shape index (κ1) is 13.1. The van der Waals surface area contributed by atoms with Crippen LogP contribution in [0.15, 0.2) is 48.7 Å². The second-order valence-corrected chi connectivity index (χ2v) is 4.15. The average molecular weight is 253 g/mol. The maximum atomic E-state index is 9.17. The van der Waals surface area contributed by atoms with Crippen LogP contribution in [0.4, 0.5) is 5.82 Å². The number of aromatic nitrogens is 1. The van der Waals surface area contributed by atoms with Gasteiger partial charge in [-0.25, -0.2) is 4.98 Å². The number of anilines is 1. The Morgan fingerprint density at radius 1 is 1.21 bits per heavy atom. The van der Waals surface area contributed by atoms with Gasteiger partial charge < -0.3 is 10.0 Å². The van der Waals surface area contributed by atoms with Crippen molar-refractivity contribution in [3.8, 4) is 6.07 Å².